The average molecular weight is 427 g/mol. The SMILES string of the molecule is COc1ccc(C(=O)N2CCSc3c(-c4cc5cc(C#N)ccc5o4)cncc32)cc1. The van der Waals surface area contributed by atoms with Crippen LogP contribution in [0.25, 0.3) is 22.3 Å². The fourth-order valence-electron chi connectivity index (χ4n) is 3.66. The third-order valence-electron chi connectivity index (χ3n) is 5.22. The second kappa shape index (κ2) is 7.82. The predicted octanol–water partition coefficient (Wildman–Crippen LogP) is 5.13. The molecule has 3 heterocycles. The maximum absolute atomic E-state index is 13.2. The summed E-state index contributed by atoms with van der Waals surface area (Å²) in [6, 6.07) is 16.5. The largest absolute Gasteiger partial charge is 0.497 e. The molecule has 0 fully saturated rings. The summed E-state index contributed by atoms with van der Waals surface area (Å²) in [7, 11) is 1.60. The van der Waals surface area contributed by atoms with E-state index in [2.05, 4.69) is 11.1 Å². The van der Waals surface area contributed by atoms with Gasteiger partial charge in [0.25, 0.3) is 5.91 Å². The summed E-state index contributed by atoms with van der Waals surface area (Å²) in [4.78, 5) is 20.3. The van der Waals surface area contributed by atoms with Gasteiger partial charge in [0, 0.05) is 34.3 Å². The summed E-state index contributed by atoms with van der Waals surface area (Å²) in [5.74, 6) is 2.07. The van der Waals surface area contributed by atoms with Crippen molar-refractivity contribution in [3.05, 3.63) is 72.1 Å². The van der Waals surface area contributed by atoms with Crippen LogP contribution in [-0.2, 0) is 0 Å². The number of rotatable bonds is 3. The van der Waals surface area contributed by atoms with Crippen molar-refractivity contribution >= 4 is 34.3 Å². The Morgan fingerprint density at radius 1 is 1.19 bits per heavy atom. The van der Waals surface area contributed by atoms with Crippen LogP contribution in [0.2, 0.25) is 0 Å². The number of ether oxygens (including phenoxy) is 1. The Kier molecular flexibility index (Phi) is 4.85. The van der Waals surface area contributed by atoms with Crippen LogP contribution in [0.5, 0.6) is 5.75 Å². The van der Waals surface area contributed by atoms with E-state index in [0.29, 0.717) is 34.8 Å². The molecule has 1 aliphatic rings. The second-order valence-corrected chi connectivity index (χ2v) is 8.15. The molecule has 0 spiro atoms. The first-order chi connectivity index (χ1) is 15.2. The van der Waals surface area contributed by atoms with Gasteiger partial charge in [-0.3, -0.25) is 9.78 Å². The third-order valence-corrected chi connectivity index (χ3v) is 6.33. The lowest BCUT2D eigenvalue weighted by atomic mass is 10.1. The zero-order chi connectivity index (χ0) is 21.4. The monoisotopic (exact) mass is 427 g/mol. The summed E-state index contributed by atoms with van der Waals surface area (Å²) in [6.07, 6.45) is 3.49. The number of carbonyl (C=O) groups is 1. The average Bonchev–Trinajstić information content (AvgIpc) is 3.26. The highest BCUT2D eigenvalue weighted by Gasteiger charge is 2.27. The number of hydrogen-bond donors (Lipinski definition) is 0. The molecular formula is C24H17N3O3S. The van der Waals surface area contributed by atoms with Crippen LogP contribution in [-0.4, -0.2) is 30.3 Å². The summed E-state index contributed by atoms with van der Waals surface area (Å²) in [5, 5.41) is 10.0. The minimum Gasteiger partial charge on any atom is -0.497 e. The van der Waals surface area contributed by atoms with E-state index in [0.717, 1.165) is 27.3 Å². The highest BCUT2D eigenvalue weighted by atomic mass is 32.2. The Bertz CT molecular complexity index is 1340. The summed E-state index contributed by atoms with van der Waals surface area (Å²) < 4.78 is 11.2. The number of fused-ring (bicyclic) bond motifs is 2. The molecule has 0 bridgehead atoms. The Morgan fingerprint density at radius 2 is 2.03 bits per heavy atom. The molecule has 0 unspecified atom stereocenters. The molecule has 152 valence electrons. The van der Waals surface area contributed by atoms with Crippen LogP contribution in [0.1, 0.15) is 15.9 Å². The van der Waals surface area contributed by atoms with Crippen LogP contribution in [0.15, 0.2) is 70.2 Å². The van der Waals surface area contributed by atoms with Gasteiger partial charge in [-0.1, -0.05) is 0 Å². The van der Waals surface area contributed by atoms with Gasteiger partial charge in [-0.25, -0.2) is 0 Å². The molecule has 6 nitrogen and oxygen atoms in total. The number of nitrogens with zero attached hydrogens (tertiary/aromatic N) is 3. The molecule has 0 saturated heterocycles. The number of carbonyl (C=O) groups excluding carboxylic acids is 1. The minimum absolute atomic E-state index is 0.0774. The van der Waals surface area contributed by atoms with Gasteiger partial charge in [-0.05, 0) is 48.5 Å². The van der Waals surface area contributed by atoms with Crippen molar-refractivity contribution in [2.75, 3.05) is 24.3 Å². The van der Waals surface area contributed by atoms with Gasteiger partial charge in [0.1, 0.15) is 17.1 Å². The van der Waals surface area contributed by atoms with Crippen molar-refractivity contribution in [3.8, 4) is 23.1 Å². The summed E-state index contributed by atoms with van der Waals surface area (Å²) in [5.41, 5.74) is 3.49. The van der Waals surface area contributed by atoms with Crippen molar-refractivity contribution in [2.45, 2.75) is 4.90 Å². The van der Waals surface area contributed by atoms with Gasteiger partial charge >= 0.3 is 0 Å². The molecule has 0 atom stereocenters. The van der Waals surface area contributed by atoms with Gasteiger partial charge in [0.2, 0.25) is 0 Å². The molecule has 1 aliphatic heterocycles. The van der Waals surface area contributed by atoms with Crippen molar-refractivity contribution < 1.29 is 13.9 Å². The molecule has 2 aromatic carbocycles. The van der Waals surface area contributed by atoms with E-state index in [1.807, 2.05) is 6.07 Å². The van der Waals surface area contributed by atoms with Gasteiger partial charge in [-0.2, -0.15) is 5.26 Å². The lowest BCUT2D eigenvalue weighted by molar-refractivity contribution is 0.0987. The lowest BCUT2D eigenvalue weighted by Crippen LogP contribution is -2.35. The zero-order valence-corrected chi connectivity index (χ0v) is 17.5. The lowest BCUT2D eigenvalue weighted by Gasteiger charge is -2.29. The highest BCUT2D eigenvalue weighted by Crippen LogP contribution is 2.43. The van der Waals surface area contributed by atoms with Crippen LogP contribution < -0.4 is 9.64 Å². The van der Waals surface area contributed by atoms with Crippen LogP contribution in [0, 0.1) is 11.3 Å². The Morgan fingerprint density at radius 3 is 2.81 bits per heavy atom. The number of amides is 1. The van der Waals surface area contributed by atoms with E-state index < -0.39 is 0 Å². The molecule has 0 N–H and O–H groups in total. The summed E-state index contributed by atoms with van der Waals surface area (Å²) >= 11 is 1.68. The first-order valence-electron chi connectivity index (χ1n) is 9.69. The van der Waals surface area contributed by atoms with Gasteiger partial charge in [0.05, 0.1) is 36.2 Å². The van der Waals surface area contributed by atoms with E-state index in [4.69, 9.17) is 14.4 Å². The van der Waals surface area contributed by atoms with Gasteiger partial charge in [0.15, 0.2) is 0 Å². The van der Waals surface area contributed by atoms with Gasteiger partial charge < -0.3 is 14.1 Å². The number of furan rings is 1. The first-order valence-corrected chi connectivity index (χ1v) is 10.7. The number of anilines is 1. The van der Waals surface area contributed by atoms with Crippen molar-refractivity contribution in [1.82, 2.24) is 4.98 Å². The number of methoxy groups -OCH3 is 1. The normalized spacial score (nSPS) is 13.0. The van der Waals surface area contributed by atoms with Crippen molar-refractivity contribution in [1.29, 1.82) is 5.26 Å². The van der Waals surface area contributed by atoms with Crippen LogP contribution >= 0.6 is 11.8 Å². The fraction of sp³-hybridized carbons (Fsp3) is 0.125. The highest BCUT2D eigenvalue weighted by molar-refractivity contribution is 7.99. The number of aromatic nitrogens is 1. The van der Waals surface area contributed by atoms with E-state index in [-0.39, 0.29) is 5.91 Å². The quantitative estimate of drug-likeness (QED) is 0.451. The number of thioether (sulfide) groups is 1. The van der Waals surface area contributed by atoms with E-state index >= 15 is 0 Å². The number of nitriles is 1. The standard InChI is InChI=1S/C24H17N3O3S/c1-29-18-5-3-16(4-6-18)24(28)27-8-9-31-23-19(13-26-14-20(23)27)22-11-17-10-15(12-25)2-7-21(17)30-22/h2-7,10-11,13-14H,8-9H2,1H3. The smallest absolute Gasteiger partial charge is 0.258 e. The fourth-order valence-corrected chi connectivity index (χ4v) is 4.76. The predicted molar refractivity (Wildman–Crippen MR) is 120 cm³/mol. The molecule has 0 radical (unpaired) electrons. The molecular weight excluding hydrogens is 410 g/mol. The number of hydrogen-bond acceptors (Lipinski definition) is 6. The first kappa shape index (κ1) is 19.2. The topological polar surface area (TPSA) is 79.4 Å². The Labute approximate surface area is 183 Å². The molecule has 0 saturated carbocycles. The Balaban J connectivity index is 1.55. The van der Waals surface area contributed by atoms with Crippen molar-refractivity contribution in [3.63, 3.8) is 0 Å². The van der Waals surface area contributed by atoms with Crippen LogP contribution in [0.4, 0.5) is 5.69 Å². The third kappa shape index (κ3) is 3.41. The zero-order valence-electron chi connectivity index (χ0n) is 16.7. The maximum atomic E-state index is 13.2. The molecule has 4 aromatic rings. The van der Waals surface area contributed by atoms with E-state index in [1.165, 1.54) is 0 Å². The Hall–Kier alpha value is -3.76. The molecule has 5 rings (SSSR count). The molecule has 0 aliphatic carbocycles. The molecule has 2 aromatic heterocycles. The van der Waals surface area contributed by atoms with E-state index in [9.17, 15) is 4.79 Å². The molecule has 31 heavy (non-hydrogen) atoms. The second-order valence-electron chi connectivity index (χ2n) is 7.04. The summed E-state index contributed by atoms with van der Waals surface area (Å²) in [6.45, 7) is 0.597. The number of benzene rings is 2. The number of pyridine rings is 1. The van der Waals surface area contributed by atoms with Gasteiger partial charge in [-0.15, -0.1) is 11.8 Å². The van der Waals surface area contributed by atoms with E-state index in [1.54, 1.807) is 78.6 Å². The minimum atomic E-state index is -0.0774. The maximum Gasteiger partial charge on any atom is 0.258 e. The van der Waals surface area contributed by atoms with Crippen molar-refractivity contribution in [2.24, 2.45) is 0 Å². The molecule has 7 heteroatoms. The molecule has 1 amide bonds. The van der Waals surface area contributed by atoms with Crippen LogP contribution in [0.3, 0.4) is 0 Å².